The van der Waals surface area contributed by atoms with Crippen molar-refractivity contribution in [1.82, 2.24) is 4.31 Å². The number of nitrogens with zero attached hydrogens (tertiary/aromatic N) is 1. The van der Waals surface area contributed by atoms with Crippen LogP contribution < -0.4 is 15.2 Å². The molecule has 1 aliphatic rings. The maximum absolute atomic E-state index is 12.8. The summed E-state index contributed by atoms with van der Waals surface area (Å²) in [6.45, 7) is 0.816. The van der Waals surface area contributed by atoms with Gasteiger partial charge in [0, 0.05) is 25.2 Å². The fourth-order valence-electron chi connectivity index (χ4n) is 2.47. The van der Waals surface area contributed by atoms with Gasteiger partial charge in [-0.15, -0.1) is 0 Å². The van der Waals surface area contributed by atoms with Gasteiger partial charge < -0.3 is 15.2 Å². The number of ether oxygens (including phenoxy) is 2. The summed E-state index contributed by atoms with van der Waals surface area (Å²) in [7, 11) is -0.681. The monoisotopic (exact) mass is 300 g/mol. The van der Waals surface area contributed by atoms with Gasteiger partial charge in [-0.25, -0.2) is 8.42 Å². The third-order valence-corrected chi connectivity index (χ3v) is 5.53. The second-order valence-electron chi connectivity index (χ2n) is 4.66. The zero-order chi connectivity index (χ0) is 14.8. The Morgan fingerprint density at radius 3 is 2.70 bits per heavy atom. The lowest BCUT2D eigenvalue weighted by atomic mass is 10.2. The minimum Gasteiger partial charge on any atom is -0.497 e. The first-order valence-corrected chi connectivity index (χ1v) is 7.92. The van der Waals surface area contributed by atoms with Crippen molar-refractivity contribution in [1.29, 1.82) is 0 Å². The first kappa shape index (κ1) is 15.1. The van der Waals surface area contributed by atoms with E-state index in [0.717, 1.165) is 12.8 Å². The SMILES string of the molecule is COc1ccc(OC)c(S(=O)(=O)N2CCCC2CN)c1. The van der Waals surface area contributed by atoms with Crippen LogP contribution in [0.5, 0.6) is 11.5 Å². The largest absolute Gasteiger partial charge is 0.497 e. The predicted molar refractivity (Wildman–Crippen MR) is 75.5 cm³/mol. The van der Waals surface area contributed by atoms with Gasteiger partial charge >= 0.3 is 0 Å². The molecule has 1 aromatic carbocycles. The Hall–Kier alpha value is -1.31. The van der Waals surface area contributed by atoms with Crippen LogP contribution in [-0.4, -0.2) is 46.1 Å². The highest BCUT2D eigenvalue weighted by Gasteiger charge is 2.36. The first-order chi connectivity index (χ1) is 9.54. The number of rotatable bonds is 5. The third-order valence-electron chi connectivity index (χ3n) is 3.55. The molecule has 2 rings (SSSR count). The molecular formula is C13H20N2O4S. The van der Waals surface area contributed by atoms with Crippen LogP contribution in [0.1, 0.15) is 12.8 Å². The summed E-state index contributed by atoms with van der Waals surface area (Å²) in [6.07, 6.45) is 1.62. The molecule has 1 fully saturated rings. The molecule has 0 bridgehead atoms. The van der Waals surface area contributed by atoms with Gasteiger partial charge in [0.1, 0.15) is 16.4 Å². The van der Waals surface area contributed by atoms with E-state index in [9.17, 15) is 8.42 Å². The van der Waals surface area contributed by atoms with Crippen LogP contribution in [0, 0.1) is 0 Å². The second kappa shape index (κ2) is 5.99. The van der Waals surface area contributed by atoms with E-state index in [1.54, 1.807) is 12.1 Å². The second-order valence-corrected chi connectivity index (χ2v) is 6.52. The standard InChI is InChI=1S/C13H20N2O4S/c1-18-11-5-6-12(19-2)13(8-11)20(16,17)15-7-3-4-10(15)9-14/h5-6,8,10H,3-4,7,9,14H2,1-2H3. The lowest BCUT2D eigenvalue weighted by molar-refractivity contribution is 0.374. The molecule has 6 nitrogen and oxygen atoms in total. The van der Waals surface area contributed by atoms with Gasteiger partial charge in [-0.1, -0.05) is 0 Å². The van der Waals surface area contributed by atoms with Crippen molar-refractivity contribution < 1.29 is 17.9 Å². The van der Waals surface area contributed by atoms with Crippen LogP contribution in [0.3, 0.4) is 0 Å². The number of benzene rings is 1. The molecule has 0 amide bonds. The van der Waals surface area contributed by atoms with Crippen molar-refractivity contribution in [3.63, 3.8) is 0 Å². The molecule has 1 unspecified atom stereocenters. The third kappa shape index (κ3) is 2.61. The Labute approximate surface area is 119 Å². The molecule has 112 valence electrons. The van der Waals surface area contributed by atoms with E-state index in [-0.39, 0.29) is 10.9 Å². The van der Waals surface area contributed by atoms with E-state index in [1.807, 2.05) is 0 Å². The Bertz CT molecular complexity index is 574. The number of nitrogens with two attached hydrogens (primary N) is 1. The first-order valence-electron chi connectivity index (χ1n) is 6.48. The molecule has 0 radical (unpaired) electrons. The van der Waals surface area contributed by atoms with Gasteiger partial charge in [0.15, 0.2) is 0 Å². The van der Waals surface area contributed by atoms with E-state index < -0.39 is 10.0 Å². The molecule has 7 heteroatoms. The van der Waals surface area contributed by atoms with Crippen molar-refractivity contribution in [3.05, 3.63) is 18.2 Å². The molecule has 1 atom stereocenters. The van der Waals surface area contributed by atoms with Crippen molar-refractivity contribution in [3.8, 4) is 11.5 Å². The van der Waals surface area contributed by atoms with Gasteiger partial charge in [0.25, 0.3) is 0 Å². The molecule has 1 aliphatic heterocycles. The Morgan fingerprint density at radius 2 is 2.10 bits per heavy atom. The van der Waals surface area contributed by atoms with E-state index in [1.165, 1.54) is 24.6 Å². The molecule has 1 aromatic rings. The van der Waals surface area contributed by atoms with Crippen molar-refractivity contribution >= 4 is 10.0 Å². The number of methoxy groups -OCH3 is 2. The lowest BCUT2D eigenvalue weighted by Crippen LogP contribution is -2.39. The molecule has 0 spiro atoms. The van der Waals surface area contributed by atoms with Crippen LogP contribution in [0.2, 0.25) is 0 Å². The molecule has 1 saturated heterocycles. The van der Waals surface area contributed by atoms with Gasteiger partial charge in [0.2, 0.25) is 10.0 Å². The highest BCUT2D eigenvalue weighted by atomic mass is 32.2. The van der Waals surface area contributed by atoms with Gasteiger partial charge in [-0.3, -0.25) is 0 Å². The highest BCUT2D eigenvalue weighted by molar-refractivity contribution is 7.89. The van der Waals surface area contributed by atoms with E-state index in [4.69, 9.17) is 15.2 Å². The Balaban J connectivity index is 2.47. The molecule has 2 N–H and O–H groups in total. The average molecular weight is 300 g/mol. The summed E-state index contributed by atoms with van der Waals surface area (Å²) in [4.78, 5) is 0.125. The van der Waals surface area contributed by atoms with Gasteiger partial charge in [0.05, 0.1) is 14.2 Å². The Morgan fingerprint density at radius 1 is 1.35 bits per heavy atom. The molecule has 0 aliphatic carbocycles. The maximum atomic E-state index is 12.8. The molecular weight excluding hydrogens is 280 g/mol. The van der Waals surface area contributed by atoms with Crippen molar-refractivity contribution in [2.45, 2.75) is 23.8 Å². The van der Waals surface area contributed by atoms with Crippen molar-refractivity contribution in [2.75, 3.05) is 27.3 Å². The van der Waals surface area contributed by atoms with E-state index in [0.29, 0.717) is 24.6 Å². The van der Waals surface area contributed by atoms with Gasteiger partial charge in [-0.05, 0) is 25.0 Å². The van der Waals surface area contributed by atoms with Crippen molar-refractivity contribution in [2.24, 2.45) is 5.73 Å². The van der Waals surface area contributed by atoms with Crippen LogP contribution in [-0.2, 0) is 10.0 Å². The summed E-state index contributed by atoms with van der Waals surface area (Å²) in [5.41, 5.74) is 5.66. The topological polar surface area (TPSA) is 81.9 Å². The maximum Gasteiger partial charge on any atom is 0.247 e. The number of sulfonamides is 1. The lowest BCUT2D eigenvalue weighted by Gasteiger charge is -2.24. The number of hydrogen-bond acceptors (Lipinski definition) is 5. The quantitative estimate of drug-likeness (QED) is 0.870. The molecule has 1 heterocycles. The van der Waals surface area contributed by atoms with E-state index in [2.05, 4.69) is 0 Å². The van der Waals surface area contributed by atoms with Crippen LogP contribution in [0.25, 0.3) is 0 Å². The highest BCUT2D eigenvalue weighted by Crippen LogP contribution is 2.33. The van der Waals surface area contributed by atoms with Gasteiger partial charge in [-0.2, -0.15) is 4.31 Å². The smallest absolute Gasteiger partial charge is 0.247 e. The minimum atomic E-state index is -3.63. The van der Waals surface area contributed by atoms with E-state index >= 15 is 0 Å². The normalized spacial score (nSPS) is 20.1. The number of hydrogen-bond donors (Lipinski definition) is 1. The summed E-state index contributed by atoms with van der Waals surface area (Å²) in [6, 6.07) is 4.61. The average Bonchev–Trinajstić information content (AvgIpc) is 2.95. The fourth-order valence-corrected chi connectivity index (χ4v) is 4.35. The van der Waals surface area contributed by atoms with Crippen LogP contribution >= 0.6 is 0 Å². The van der Waals surface area contributed by atoms with Crippen LogP contribution in [0.15, 0.2) is 23.1 Å². The summed E-state index contributed by atoms with van der Waals surface area (Å²) >= 11 is 0. The molecule has 0 saturated carbocycles. The van der Waals surface area contributed by atoms with Crippen LogP contribution in [0.4, 0.5) is 0 Å². The predicted octanol–water partition coefficient (Wildman–Crippen LogP) is 0.816. The molecule has 0 aromatic heterocycles. The fraction of sp³-hybridized carbons (Fsp3) is 0.538. The summed E-state index contributed by atoms with van der Waals surface area (Å²) in [5, 5.41) is 0. The summed E-state index contributed by atoms with van der Waals surface area (Å²) < 4.78 is 37.3. The minimum absolute atomic E-state index is 0.125. The zero-order valence-electron chi connectivity index (χ0n) is 11.7. The summed E-state index contributed by atoms with van der Waals surface area (Å²) in [5.74, 6) is 0.793. The zero-order valence-corrected chi connectivity index (χ0v) is 12.5. The molecule has 20 heavy (non-hydrogen) atoms. The Kier molecular flexibility index (Phi) is 4.52.